The second kappa shape index (κ2) is 8.43. The quantitative estimate of drug-likeness (QED) is 0.437. The third-order valence-electron chi connectivity index (χ3n) is 4.55. The fourth-order valence-electron chi connectivity index (χ4n) is 3.01. The van der Waals surface area contributed by atoms with Gasteiger partial charge in [-0.2, -0.15) is 0 Å². The third kappa shape index (κ3) is 4.24. The summed E-state index contributed by atoms with van der Waals surface area (Å²) in [6, 6.07) is 5.70. The molecule has 0 fully saturated rings. The number of aromatic nitrogens is 2. The van der Waals surface area contributed by atoms with Crippen LogP contribution in [0.15, 0.2) is 50.9 Å². The molecule has 0 spiro atoms. The first-order valence-corrected chi connectivity index (χ1v) is 9.60. The van der Waals surface area contributed by atoms with Gasteiger partial charge in [0.15, 0.2) is 0 Å². The van der Waals surface area contributed by atoms with Crippen LogP contribution in [0, 0.1) is 6.92 Å². The first-order chi connectivity index (χ1) is 13.0. The number of rotatable bonds is 8. The average molecular weight is 429 g/mol. The standard InChI is InChI=1S/C20H21BrN4O2/c1-13-10-14(21)11-24-16(13)7-3-4-9-23-17-18(20(27)19(17)26)25(2)15-6-5-8-22-12-15/h5-6,8,10-12,23H,3-4,7,9H2,1-2H3. The van der Waals surface area contributed by atoms with Crippen LogP contribution in [-0.2, 0) is 6.42 Å². The van der Waals surface area contributed by atoms with Crippen LogP contribution >= 0.6 is 15.9 Å². The molecule has 0 aliphatic rings. The first-order valence-electron chi connectivity index (χ1n) is 8.81. The Balaban J connectivity index is 1.55. The molecular formula is C20H21BrN4O2. The van der Waals surface area contributed by atoms with Crippen molar-refractivity contribution >= 4 is 33.0 Å². The molecule has 1 aromatic carbocycles. The van der Waals surface area contributed by atoms with E-state index < -0.39 is 10.9 Å². The molecule has 0 saturated heterocycles. The smallest absolute Gasteiger partial charge is 0.253 e. The van der Waals surface area contributed by atoms with Crippen LogP contribution < -0.4 is 21.1 Å². The molecular weight excluding hydrogens is 408 g/mol. The normalized spacial score (nSPS) is 10.9. The van der Waals surface area contributed by atoms with E-state index in [9.17, 15) is 9.59 Å². The molecule has 0 atom stereocenters. The van der Waals surface area contributed by atoms with Crippen LogP contribution in [0.2, 0.25) is 0 Å². The van der Waals surface area contributed by atoms with E-state index in [0.29, 0.717) is 17.9 Å². The van der Waals surface area contributed by atoms with Gasteiger partial charge < -0.3 is 10.2 Å². The Labute approximate surface area is 166 Å². The summed E-state index contributed by atoms with van der Waals surface area (Å²) in [6.07, 6.45) is 7.85. The van der Waals surface area contributed by atoms with E-state index in [0.717, 1.165) is 35.1 Å². The lowest BCUT2D eigenvalue weighted by Gasteiger charge is -2.23. The lowest BCUT2D eigenvalue weighted by molar-refractivity contribution is 0.744. The van der Waals surface area contributed by atoms with Crippen molar-refractivity contribution in [1.82, 2.24) is 9.97 Å². The molecule has 1 N–H and O–H groups in total. The van der Waals surface area contributed by atoms with E-state index in [1.165, 1.54) is 5.56 Å². The Kier molecular flexibility index (Phi) is 6.01. The fourth-order valence-corrected chi connectivity index (χ4v) is 3.45. The molecule has 0 bridgehead atoms. The molecule has 0 unspecified atom stereocenters. The topological polar surface area (TPSA) is 75.2 Å². The molecule has 7 heteroatoms. The highest BCUT2D eigenvalue weighted by Crippen LogP contribution is 2.26. The zero-order chi connectivity index (χ0) is 19.4. The Morgan fingerprint density at radius 1 is 1.19 bits per heavy atom. The summed E-state index contributed by atoms with van der Waals surface area (Å²) in [5.74, 6) is 0. The van der Waals surface area contributed by atoms with Gasteiger partial charge in [-0.3, -0.25) is 19.6 Å². The van der Waals surface area contributed by atoms with E-state index in [4.69, 9.17) is 0 Å². The van der Waals surface area contributed by atoms with Crippen molar-refractivity contribution in [2.75, 3.05) is 23.8 Å². The van der Waals surface area contributed by atoms with Gasteiger partial charge in [-0.1, -0.05) is 0 Å². The van der Waals surface area contributed by atoms with Crippen molar-refractivity contribution in [2.24, 2.45) is 0 Å². The molecule has 2 aromatic heterocycles. The van der Waals surface area contributed by atoms with E-state index in [1.54, 1.807) is 30.4 Å². The second-order valence-electron chi connectivity index (χ2n) is 6.45. The van der Waals surface area contributed by atoms with Gasteiger partial charge in [0.05, 0.1) is 11.9 Å². The number of nitrogens with zero attached hydrogens (tertiary/aromatic N) is 3. The average Bonchev–Trinajstić information content (AvgIpc) is 2.68. The van der Waals surface area contributed by atoms with Gasteiger partial charge in [-0.15, -0.1) is 0 Å². The number of anilines is 3. The predicted octanol–water partition coefficient (Wildman–Crippen LogP) is 3.35. The largest absolute Gasteiger partial charge is 0.380 e. The number of hydrogen-bond donors (Lipinski definition) is 1. The Hall–Kier alpha value is -2.54. The maximum absolute atomic E-state index is 12.0. The minimum absolute atomic E-state index is 0.393. The van der Waals surface area contributed by atoms with Gasteiger partial charge in [0.25, 0.3) is 10.9 Å². The highest BCUT2D eigenvalue weighted by atomic mass is 79.9. The minimum Gasteiger partial charge on any atom is -0.380 e. The molecule has 140 valence electrons. The molecule has 0 aliphatic heterocycles. The Morgan fingerprint density at radius 2 is 2.00 bits per heavy atom. The molecule has 2 heterocycles. The summed E-state index contributed by atoms with van der Waals surface area (Å²) in [6.45, 7) is 2.68. The summed E-state index contributed by atoms with van der Waals surface area (Å²) in [7, 11) is 1.76. The van der Waals surface area contributed by atoms with Crippen molar-refractivity contribution in [3.63, 3.8) is 0 Å². The molecule has 0 saturated carbocycles. The number of halogens is 1. The molecule has 0 aliphatic carbocycles. The van der Waals surface area contributed by atoms with Crippen molar-refractivity contribution < 1.29 is 0 Å². The van der Waals surface area contributed by atoms with Gasteiger partial charge in [-0.25, -0.2) is 0 Å². The summed E-state index contributed by atoms with van der Waals surface area (Å²) in [5.41, 5.74) is 2.90. The molecule has 0 amide bonds. The predicted molar refractivity (Wildman–Crippen MR) is 112 cm³/mol. The summed E-state index contributed by atoms with van der Waals surface area (Å²) >= 11 is 3.42. The van der Waals surface area contributed by atoms with Gasteiger partial charge in [-0.05, 0) is 65.9 Å². The van der Waals surface area contributed by atoms with E-state index in [-0.39, 0.29) is 0 Å². The van der Waals surface area contributed by atoms with Crippen molar-refractivity contribution in [3.8, 4) is 0 Å². The van der Waals surface area contributed by atoms with Crippen LogP contribution in [0.4, 0.5) is 17.1 Å². The van der Waals surface area contributed by atoms with Crippen LogP contribution in [-0.4, -0.2) is 23.6 Å². The molecule has 27 heavy (non-hydrogen) atoms. The number of aryl methyl sites for hydroxylation is 2. The fraction of sp³-hybridized carbons (Fsp3) is 0.300. The molecule has 0 radical (unpaired) electrons. The van der Waals surface area contributed by atoms with E-state index in [1.807, 2.05) is 12.3 Å². The zero-order valence-corrected chi connectivity index (χ0v) is 16.9. The highest BCUT2D eigenvalue weighted by molar-refractivity contribution is 9.10. The van der Waals surface area contributed by atoms with Crippen LogP contribution in [0.5, 0.6) is 0 Å². The zero-order valence-electron chi connectivity index (χ0n) is 15.3. The van der Waals surface area contributed by atoms with Crippen molar-refractivity contribution in [3.05, 3.63) is 73.0 Å². The lowest BCUT2D eigenvalue weighted by atomic mass is 10.1. The van der Waals surface area contributed by atoms with Gasteiger partial charge >= 0.3 is 0 Å². The van der Waals surface area contributed by atoms with Crippen LogP contribution in [0.3, 0.4) is 0 Å². The Bertz CT molecular complexity index is 997. The highest BCUT2D eigenvalue weighted by Gasteiger charge is 2.24. The molecule has 3 rings (SSSR count). The summed E-state index contributed by atoms with van der Waals surface area (Å²) < 4.78 is 0.982. The number of nitrogens with one attached hydrogen (secondary N) is 1. The lowest BCUT2D eigenvalue weighted by Crippen LogP contribution is -2.40. The maximum atomic E-state index is 12.0. The summed E-state index contributed by atoms with van der Waals surface area (Å²) in [4.78, 5) is 34.1. The number of hydrogen-bond acceptors (Lipinski definition) is 6. The first kappa shape index (κ1) is 19.2. The molecule has 6 nitrogen and oxygen atoms in total. The number of pyridine rings is 2. The number of unbranched alkanes of at least 4 members (excludes halogenated alkanes) is 1. The van der Waals surface area contributed by atoms with Crippen molar-refractivity contribution in [1.29, 1.82) is 0 Å². The second-order valence-corrected chi connectivity index (χ2v) is 7.37. The minimum atomic E-state index is -0.460. The SMILES string of the molecule is Cc1cc(Br)cnc1CCCCNc1c(N(C)c2cccnc2)c(=O)c1=O. The van der Waals surface area contributed by atoms with E-state index >= 15 is 0 Å². The van der Waals surface area contributed by atoms with Gasteiger partial charge in [0.1, 0.15) is 11.4 Å². The van der Waals surface area contributed by atoms with Gasteiger partial charge in [0.2, 0.25) is 0 Å². The van der Waals surface area contributed by atoms with Gasteiger partial charge in [0, 0.05) is 36.2 Å². The monoisotopic (exact) mass is 428 g/mol. The van der Waals surface area contributed by atoms with Crippen LogP contribution in [0.1, 0.15) is 24.1 Å². The molecule has 3 aromatic rings. The van der Waals surface area contributed by atoms with E-state index in [2.05, 4.69) is 44.2 Å². The van der Waals surface area contributed by atoms with Crippen LogP contribution in [0.25, 0.3) is 0 Å². The van der Waals surface area contributed by atoms with Crippen molar-refractivity contribution in [2.45, 2.75) is 26.2 Å². The summed E-state index contributed by atoms with van der Waals surface area (Å²) in [5, 5.41) is 3.13. The third-order valence-corrected chi connectivity index (χ3v) is 4.98. The maximum Gasteiger partial charge on any atom is 0.253 e. The Morgan fingerprint density at radius 3 is 2.70 bits per heavy atom.